The van der Waals surface area contributed by atoms with Gasteiger partial charge in [0.2, 0.25) is 0 Å². The van der Waals surface area contributed by atoms with Crippen LogP contribution in [0.4, 0.5) is 0 Å². The largest absolute Gasteiger partial charge is 0.349 e. The Balaban J connectivity index is 1.91. The van der Waals surface area contributed by atoms with E-state index in [2.05, 4.69) is 40.1 Å². The average Bonchev–Trinajstić information content (AvgIpc) is 2.70. The van der Waals surface area contributed by atoms with Crippen LogP contribution in [0.2, 0.25) is 0 Å². The zero-order valence-electron chi connectivity index (χ0n) is 10.1. The van der Waals surface area contributed by atoms with Gasteiger partial charge < -0.3 is 10.2 Å². The van der Waals surface area contributed by atoms with Gasteiger partial charge in [-0.05, 0) is 48.8 Å². The van der Waals surface area contributed by atoms with Crippen molar-refractivity contribution in [2.24, 2.45) is 0 Å². The van der Waals surface area contributed by atoms with E-state index in [0.29, 0.717) is 12.1 Å². The van der Waals surface area contributed by atoms with Crippen molar-refractivity contribution in [3.05, 3.63) is 20.8 Å². The van der Waals surface area contributed by atoms with Crippen molar-refractivity contribution in [2.75, 3.05) is 13.6 Å². The van der Waals surface area contributed by atoms with Crippen LogP contribution >= 0.6 is 27.3 Å². The van der Waals surface area contributed by atoms with Gasteiger partial charge in [-0.25, -0.2) is 0 Å². The minimum Gasteiger partial charge on any atom is -0.349 e. The molecule has 0 spiro atoms. The summed E-state index contributed by atoms with van der Waals surface area (Å²) in [6.45, 7) is 3.26. The minimum atomic E-state index is 0.0497. The molecule has 2 heterocycles. The second-order valence-corrected chi connectivity index (χ2v) is 6.95. The van der Waals surface area contributed by atoms with Gasteiger partial charge in [0, 0.05) is 24.0 Å². The number of halogens is 1. The lowest BCUT2D eigenvalue weighted by atomic mass is 9.99. The van der Waals surface area contributed by atoms with E-state index in [1.165, 1.54) is 0 Å². The zero-order valence-corrected chi connectivity index (χ0v) is 12.5. The Bertz CT molecular complexity index is 407. The van der Waals surface area contributed by atoms with Crippen molar-refractivity contribution in [2.45, 2.75) is 31.8 Å². The molecule has 0 aliphatic carbocycles. The van der Waals surface area contributed by atoms with Gasteiger partial charge in [-0.15, -0.1) is 11.3 Å². The minimum absolute atomic E-state index is 0.0497. The first-order valence-electron chi connectivity index (χ1n) is 5.81. The van der Waals surface area contributed by atoms with E-state index in [-0.39, 0.29) is 5.91 Å². The van der Waals surface area contributed by atoms with E-state index in [4.69, 9.17) is 0 Å². The van der Waals surface area contributed by atoms with Crippen LogP contribution in [0.25, 0.3) is 0 Å². The smallest absolute Gasteiger partial charge is 0.252 e. The Morgan fingerprint density at radius 1 is 1.65 bits per heavy atom. The molecule has 1 aromatic rings. The quantitative estimate of drug-likeness (QED) is 0.910. The third-order valence-electron chi connectivity index (χ3n) is 3.37. The molecule has 1 aliphatic rings. The van der Waals surface area contributed by atoms with Gasteiger partial charge in [-0.1, -0.05) is 0 Å². The second kappa shape index (κ2) is 5.50. The summed E-state index contributed by atoms with van der Waals surface area (Å²) in [6.07, 6.45) is 2.07. The molecule has 17 heavy (non-hydrogen) atoms. The van der Waals surface area contributed by atoms with Crippen molar-refractivity contribution >= 4 is 33.2 Å². The van der Waals surface area contributed by atoms with Gasteiger partial charge in [0.1, 0.15) is 0 Å². The number of piperidine rings is 1. The van der Waals surface area contributed by atoms with Crippen molar-refractivity contribution in [3.63, 3.8) is 0 Å². The topological polar surface area (TPSA) is 32.3 Å². The number of hydrogen-bond donors (Lipinski definition) is 1. The number of likely N-dealkylation sites (tertiary alicyclic amines) is 1. The van der Waals surface area contributed by atoms with Crippen molar-refractivity contribution in [1.82, 2.24) is 10.2 Å². The molecule has 1 amide bonds. The van der Waals surface area contributed by atoms with E-state index >= 15 is 0 Å². The van der Waals surface area contributed by atoms with Crippen LogP contribution in [0.5, 0.6) is 0 Å². The SMILES string of the molecule is CC1CC(NC(=O)c2csc(Br)c2)CCN1C. The van der Waals surface area contributed by atoms with Gasteiger partial charge in [-0.2, -0.15) is 0 Å². The van der Waals surface area contributed by atoms with Crippen LogP contribution in [-0.4, -0.2) is 36.5 Å². The molecule has 0 saturated carbocycles. The fraction of sp³-hybridized carbons (Fsp3) is 0.583. The summed E-state index contributed by atoms with van der Waals surface area (Å²) in [5, 5.41) is 5.01. The highest BCUT2D eigenvalue weighted by Gasteiger charge is 2.24. The van der Waals surface area contributed by atoms with Crippen molar-refractivity contribution < 1.29 is 4.79 Å². The van der Waals surface area contributed by atoms with E-state index in [1.807, 2.05) is 11.4 Å². The Hall–Kier alpha value is -0.390. The number of hydrogen-bond acceptors (Lipinski definition) is 3. The Kier molecular flexibility index (Phi) is 4.22. The zero-order chi connectivity index (χ0) is 12.4. The predicted molar refractivity (Wildman–Crippen MR) is 74.6 cm³/mol. The number of nitrogens with zero attached hydrogens (tertiary/aromatic N) is 1. The maximum atomic E-state index is 12.0. The number of nitrogens with one attached hydrogen (secondary N) is 1. The molecule has 0 aromatic carbocycles. The van der Waals surface area contributed by atoms with E-state index in [0.717, 1.165) is 28.7 Å². The van der Waals surface area contributed by atoms with Gasteiger partial charge >= 0.3 is 0 Å². The van der Waals surface area contributed by atoms with Crippen LogP contribution in [0.15, 0.2) is 15.2 Å². The predicted octanol–water partition coefficient (Wildman–Crippen LogP) is 2.72. The lowest BCUT2D eigenvalue weighted by molar-refractivity contribution is 0.0897. The van der Waals surface area contributed by atoms with Crippen LogP contribution in [0.1, 0.15) is 30.1 Å². The Morgan fingerprint density at radius 3 is 3.00 bits per heavy atom. The Labute approximate surface area is 114 Å². The standard InChI is InChI=1S/C12H17BrN2OS/c1-8-5-10(3-4-15(8)2)14-12(16)9-6-11(13)17-7-9/h6-8,10H,3-5H2,1-2H3,(H,14,16). The van der Waals surface area contributed by atoms with Crippen LogP contribution < -0.4 is 5.32 Å². The number of amides is 1. The number of carbonyl (C=O) groups excluding carboxylic acids is 1. The van der Waals surface area contributed by atoms with Gasteiger partial charge in [-0.3, -0.25) is 4.79 Å². The molecular weight excluding hydrogens is 300 g/mol. The normalized spacial score (nSPS) is 25.8. The molecule has 1 fully saturated rings. The van der Waals surface area contributed by atoms with E-state index in [9.17, 15) is 4.79 Å². The van der Waals surface area contributed by atoms with Crippen LogP contribution in [0, 0.1) is 0 Å². The van der Waals surface area contributed by atoms with Gasteiger partial charge in [0.05, 0.1) is 9.35 Å². The molecule has 3 nitrogen and oxygen atoms in total. The third kappa shape index (κ3) is 3.30. The lowest BCUT2D eigenvalue weighted by Crippen LogP contribution is -2.47. The highest BCUT2D eigenvalue weighted by Crippen LogP contribution is 2.21. The third-order valence-corrected chi connectivity index (χ3v) is 4.88. The van der Waals surface area contributed by atoms with E-state index < -0.39 is 0 Å². The lowest BCUT2D eigenvalue weighted by Gasteiger charge is -2.35. The maximum Gasteiger partial charge on any atom is 0.252 e. The van der Waals surface area contributed by atoms with Crippen LogP contribution in [0.3, 0.4) is 0 Å². The molecule has 0 bridgehead atoms. The monoisotopic (exact) mass is 316 g/mol. The van der Waals surface area contributed by atoms with Crippen molar-refractivity contribution in [3.8, 4) is 0 Å². The molecular formula is C12H17BrN2OS. The first-order valence-corrected chi connectivity index (χ1v) is 7.48. The second-order valence-electron chi connectivity index (χ2n) is 4.66. The molecule has 1 N–H and O–H groups in total. The average molecular weight is 317 g/mol. The molecule has 2 atom stereocenters. The summed E-state index contributed by atoms with van der Waals surface area (Å²) < 4.78 is 0.999. The maximum absolute atomic E-state index is 12.0. The Morgan fingerprint density at radius 2 is 2.41 bits per heavy atom. The summed E-state index contributed by atoms with van der Waals surface area (Å²) in [5.74, 6) is 0.0497. The molecule has 2 unspecified atom stereocenters. The first kappa shape index (κ1) is 13.1. The molecule has 1 saturated heterocycles. The molecule has 5 heteroatoms. The van der Waals surface area contributed by atoms with Crippen LogP contribution in [-0.2, 0) is 0 Å². The van der Waals surface area contributed by atoms with Crippen molar-refractivity contribution in [1.29, 1.82) is 0 Å². The summed E-state index contributed by atoms with van der Waals surface area (Å²) in [4.78, 5) is 14.3. The molecule has 1 aromatic heterocycles. The first-order chi connectivity index (χ1) is 8.06. The summed E-state index contributed by atoms with van der Waals surface area (Å²) in [7, 11) is 2.14. The summed E-state index contributed by atoms with van der Waals surface area (Å²) in [5.41, 5.74) is 0.758. The number of thiophene rings is 1. The summed E-state index contributed by atoms with van der Waals surface area (Å²) in [6, 6.07) is 2.73. The van der Waals surface area contributed by atoms with E-state index in [1.54, 1.807) is 11.3 Å². The molecule has 2 rings (SSSR count). The molecule has 1 aliphatic heterocycles. The molecule has 0 radical (unpaired) electrons. The van der Waals surface area contributed by atoms with Gasteiger partial charge in [0.15, 0.2) is 0 Å². The number of rotatable bonds is 2. The summed E-state index contributed by atoms with van der Waals surface area (Å²) >= 11 is 4.92. The fourth-order valence-corrected chi connectivity index (χ4v) is 3.26. The highest BCUT2D eigenvalue weighted by molar-refractivity contribution is 9.11. The number of carbonyl (C=O) groups is 1. The van der Waals surface area contributed by atoms with Gasteiger partial charge in [0.25, 0.3) is 5.91 Å². The highest BCUT2D eigenvalue weighted by atomic mass is 79.9. The fourth-order valence-electron chi connectivity index (χ4n) is 2.12. The molecule has 94 valence electrons.